The first-order valence-electron chi connectivity index (χ1n) is 5.08. The van der Waals surface area contributed by atoms with E-state index in [0.29, 0.717) is 0 Å². The SMILES string of the molecule is Cc1ccn2c(C)c(C)c(C)c2c1C. The van der Waals surface area contributed by atoms with Gasteiger partial charge in [0.15, 0.2) is 0 Å². The van der Waals surface area contributed by atoms with Gasteiger partial charge in [-0.3, -0.25) is 0 Å². The first kappa shape index (κ1) is 9.32. The molecule has 0 aromatic carbocycles. The van der Waals surface area contributed by atoms with Gasteiger partial charge < -0.3 is 4.40 Å². The van der Waals surface area contributed by atoms with Gasteiger partial charge in [0.25, 0.3) is 0 Å². The summed E-state index contributed by atoms with van der Waals surface area (Å²) in [5.41, 5.74) is 8.36. The van der Waals surface area contributed by atoms with E-state index in [1.807, 2.05) is 0 Å². The Labute approximate surface area is 85.4 Å². The second-order valence-electron chi connectivity index (χ2n) is 4.18. The maximum absolute atomic E-state index is 2.30. The highest BCUT2D eigenvalue weighted by Crippen LogP contribution is 2.25. The van der Waals surface area contributed by atoms with E-state index in [4.69, 9.17) is 0 Å². The van der Waals surface area contributed by atoms with Crippen molar-refractivity contribution in [1.82, 2.24) is 4.40 Å². The number of pyridine rings is 1. The van der Waals surface area contributed by atoms with Gasteiger partial charge in [-0.1, -0.05) is 0 Å². The third-order valence-electron chi connectivity index (χ3n) is 3.48. The fourth-order valence-electron chi connectivity index (χ4n) is 2.12. The molecule has 2 rings (SSSR count). The molecule has 1 nitrogen and oxygen atoms in total. The third kappa shape index (κ3) is 1.02. The summed E-state index contributed by atoms with van der Waals surface area (Å²) in [5.74, 6) is 0. The monoisotopic (exact) mass is 187 g/mol. The molecule has 0 aliphatic carbocycles. The van der Waals surface area contributed by atoms with Crippen molar-refractivity contribution >= 4 is 5.52 Å². The molecule has 2 aromatic rings. The molecule has 0 fully saturated rings. The summed E-state index contributed by atoms with van der Waals surface area (Å²) in [5, 5.41) is 0. The van der Waals surface area contributed by atoms with Gasteiger partial charge in [0.05, 0.1) is 5.52 Å². The van der Waals surface area contributed by atoms with Crippen molar-refractivity contribution in [1.29, 1.82) is 0 Å². The van der Waals surface area contributed by atoms with Crippen LogP contribution in [0.3, 0.4) is 0 Å². The molecule has 0 aliphatic rings. The third-order valence-corrected chi connectivity index (χ3v) is 3.48. The van der Waals surface area contributed by atoms with Crippen molar-refractivity contribution in [2.45, 2.75) is 34.6 Å². The van der Waals surface area contributed by atoms with Crippen LogP contribution in [0.1, 0.15) is 27.9 Å². The Balaban J connectivity index is 3.03. The van der Waals surface area contributed by atoms with Gasteiger partial charge in [-0.15, -0.1) is 0 Å². The fraction of sp³-hybridized carbons (Fsp3) is 0.385. The van der Waals surface area contributed by atoms with Crippen LogP contribution in [0.4, 0.5) is 0 Å². The number of aromatic nitrogens is 1. The van der Waals surface area contributed by atoms with Crippen LogP contribution in [0.5, 0.6) is 0 Å². The second kappa shape index (κ2) is 2.88. The van der Waals surface area contributed by atoms with Crippen molar-refractivity contribution in [2.75, 3.05) is 0 Å². The summed E-state index contributed by atoms with van der Waals surface area (Å²) in [6.07, 6.45) is 2.17. The lowest BCUT2D eigenvalue weighted by Crippen LogP contribution is -1.91. The number of aryl methyl sites for hydroxylation is 4. The molecule has 0 saturated carbocycles. The highest BCUT2D eigenvalue weighted by Gasteiger charge is 2.10. The van der Waals surface area contributed by atoms with Crippen LogP contribution in [0.15, 0.2) is 12.3 Å². The smallest absolute Gasteiger partial charge is 0.0516 e. The predicted molar refractivity (Wildman–Crippen MR) is 61.1 cm³/mol. The molecule has 2 heterocycles. The van der Waals surface area contributed by atoms with Crippen LogP contribution >= 0.6 is 0 Å². The Morgan fingerprint density at radius 3 is 2.14 bits per heavy atom. The lowest BCUT2D eigenvalue weighted by Gasteiger charge is -2.05. The van der Waals surface area contributed by atoms with Gasteiger partial charge >= 0.3 is 0 Å². The van der Waals surface area contributed by atoms with Crippen molar-refractivity contribution in [3.8, 4) is 0 Å². The van der Waals surface area contributed by atoms with Crippen LogP contribution in [0.25, 0.3) is 5.52 Å². The molecule has 0 aliphatic heterocycles. The normalized spacial score (nSPS) is 11.2. The van der Waals surface area contributed by atoms with Gasteiger partial charge in [0.1, 0.15) is 0 Å². The number of hydrogen-bond donors (Lipinski definition) is 0. The summed E-state index contributed by atoms with van der Waals surface area (Å²) in [6, 6.07) is 2.19. The first-order chi connectivity index (χ1) is 6.54. The summed E-state index contributed by atoms with van der Waals surface area (Å²) in [7, 11) is 0. The molecular formula is C13H17N. The van der Waals surface area contributed by atoms with E-state index in [2.05, 4.69) is 51.3 Å². The fourth-order valence-corrected chi connectivity index (χ4v) is 2.12. The van der Waals surface area contributed by atoms with Crippen LogP contribution in [0, 0.1) is 34.6 Å². The maximum Gasteiger partial charge on any atom is 0.0516 e. The molecule has 0 bridgehead atoms. The van der Waals surface area contributed by atoms with Crippen molar-refractivity contribution in [3.05, 3.63) is 40.2 Å². The predicted octanol–water partition coefficient (Wildman–Crippen LogP) is 3.48. The van der Waals surface area contributed by atoms with E-state index in [1.54, 1.807) is 0 Å². The summed E-state index contributed by atoms with van der Waals surface area (Å²) in [4.78, 5) is 0. The summed E-state index contributed by atoms with van der Waals surface area (Å²) in [6.45, 7) is 11.0. The maximum atomic E-state index is 2.30. The topological polar surface area (TPSA) is 4.41 Å². The van der Waals surface area contributed by atoms with Gasteiger partial charge in [0.2, 0.25) is 0 Å². The Morgan fingerprint density at radius 1 is 0.857 bits per heavy atom. The van der Waals surface area contributed by atoms with E-state index in [0.717, 1.165) is 0 Å². The number of rotatable bonds is 0. The molecule has 0 radical (unpaired) electrons. The minimum Gasteiger partial charge on any atom is -0.320 e. The second-order valence-corrected chi connectivity index (χ2v) is 4.18. The number of nitrogens with zero attached hydrogens (tertiary/aromatic N) is 1. The van der Waals surface area contributed by atoms with Crippen LogP contribution < -0.4 is 0 Å². The van der Waals surface area contributed by atoms with E-state index in [9.17, 15) is 0 Å². The number of hydrogen-bond acceptors (Lipinski definition) is 0. The van der Waals surface area contributed by atoms with E-state index in [1.165, 1.54) is 33.5 Å². The zero-order valence-corrected chi connectivity index (χ0v) is 9.60. The minimum atomic E-state index is 1.36. The lowest BCUT2D eigenvalue weighted by molar-refractivity contribution is 1.08. The van der Waals surface area contributed by atoms with E-state index >= 15 is 0 Å². The average molecular weight is 187 g/mol. The molecule has 0 saturated heterocycles. The molecule has 14 heavy (non-hydrogen) atoms. The van der Waals surface area contributed by atoms with Crippen molar-refractivity contribution < 1.29 is 0 Å². The average Bonchev–Trinajstić information content (AvgIpc) is 2.38. The van der Waals surface area contributed by atoms with Crippen LogP contribution in [0.2, 0.25) is 0 Å². The van der Waals surface area contributed by atoms with Crippen LogP contribution in [-0.2, 0) is 0 Å². The summed E-state index contributed by atoms with van der Waals surface area (Å²) < 4.78 is 2.30. The summed E-state index contributed by atoms with van der Waals surface area (Å²) >= 11 is 0. The zero-order chi connectivity index (χ0) is 10.5. The molecule has 0 N–H and O–H groups in total. The number of fused-ring (bicyclic) bond motifs is 1. The quantitative estimate of drug-likeness (QED) is 0.594. The lowest BCUT2D eigenvalue weighted by atomic mass is 10.1. The van der Waals surface area contributed by atoms with Crippen molar-refractivity contribution in [3.63, 3.8) is 0 Å². The van der Waals surface area contributed by atoms with E-state index in [-0.39, 0.29) is 0 Å². The van der Waals surface area contributed by atoms with E-state index < -0.39 is 0 Å². The molecule has 2 aromatic heterocycles. The highest BCUT2D eigenvalue weighted by atomic mass is 14.9. The highest BCUT2D eigenvalue weighted by molar-refractivity contribution is 5.67. The Hall–Kier alpha value is -1.24. The Morgan fingerprint density at radius 2 is 1.50 bits per heavy atom. The Bertz CT molecular complexity index is 504. The molecule has 1 heteroatoms. The first-order valence-corrected chi connectivity index (χ1v) is 5.08. The van der Waals surface area contributed by atoms with Gasteiger partial charge in [-0.2, -0.15) is 0 Å². The minimum absolute atomic E-state index is 1.36. The Kier molecular flexibility index (Phi) is 1.91. The van der Waals surface area contributed by atoms with Crippen molar-refractivity contribution in [2.24, 2.45) is 0 Å². The van der Waals surface area contributed by atoms with Crippen LogP contribution in [-0.4, -0.2) is 4.40 Å². The molecule has 0 amide bonds. The molecule has 74 valence electrons. The molecular weight excluding hydrogens is 170 g/mol. The standard InChI is InChI=1S/C13H17N/c1-8-6-7-14-12(5)10(3)11(4)13(14)9(8)2/h6-7H,1-5H3. The zero-order valence-electron chi connectivity index (χ0n) is 9.60. The molecule has 0 atom stereocenters. The van der Waals surface area contributed by atoms with Gasteiger partial charge in [0, 0.05) is 11.9 Å². The van der Waals surface area contributed by atoms with Gasteiger partial charge in [-0.25, -0.2) is 0 Å². The molecule has 0 spiro atoms. The van der Waals surface area contributed by atoms with Gasteiger partial charge in [-0.05, 0) is 62.9 Å². The largest absolute Gasteiger partial charge is 0.320 e. The molecule has 0 unspecified atom stereocenters.